The van der Waals surface area contributed by atoms with Gasteiger partial charge in [-0.3, -0.25) is 4.98 Å². The van der Waals surface area contributed by atoms with Gasteiger partial charge >= 0.3 is 0 Å². The van der Waals surface area contributed by atoms with Crippen molar-refractivity contribution in [2.45, 2.75) is 32.2 Å². The van der Waals surface area contributed by atoms with E-state index >= 15 is 0 Å². The Balaban J connectivity index is 2.21. The first-order valence-electron chi connectivity index (χ1n) is 6.06. The van der Waals surface area contributed by atoms with E-state index in [2.05, 4.69) is 21.8 Å². The summed E-state index contributed by atoms with van der Waals surface area (Å²) in [5, 5.41) is 2.70. The summed E-state index contributed by atoms with van der Waals surface area (Å²) in [5.41, 5.74) is 8.27. The van der Waals surface area contributed by atoms with Crippen LogP contribution in [0.2, 0.25) is 0 Å². The summed E-state index contributed by atoms with van der Waals surface area (Å²) in [7, 11) is 0. The predicted molar refractivity (Wildman–Crippen MR) is 65.4 cm³/mol. The third-order valence-corrected chi connectivity index (χ3v) is 3.46. The number of fused-ring (bicyclic) bond motifs is 3. The van der Waals surface area contributed by atoms with Gasteiger partial charge in [0, 0.05) is 41.8 Å². The number of aryl methyl sites for hydroxylation is 2. The molecular formula is C13H17N3. The highest BCUT2D eigenvalue weighted by Crippen LogP contribution is 2.27. The van der Waals surface area contributed by atoms with Crippen LogP contribution in [0.1, 0.15) is 24.2 Å². The van der Waals surface area contributed by atoms with Crippen LogP contribution in [0.25, 0.3) is 10.8 Å². The molecule has 0 spiro atoms. The monoisotopic (exact) mass is 215 g/mol. The molecule has 0 saturated carbocycles. The Morgan fingerprint density at radius 2 is 2.25 bits per heavy atom. The summed E-state index contributed by atoms with van der Waals surface area (Å²) < 4.78 is 2.40. The molecule has 0 unspecified atom stereocenters. The van der Waals surface area contributed by atoms with E-state index in [1.807, 2.05) is 6.20 Å². The smallest absolute Gasteiger partial charge is 0.0509 e. The fraction of sp³-hybridized carbons (Fsp3) is 0.462. The number of hydrogen-bond donors (Lipinski definition) is 1. The Bertz CT molecular complexity index is 513. The summed E-state index contributed by atoms with van der Waals surface area (Å²) >= 11 is 0. The van der Waals surface area contributed by atoms with E-state index in [0.29, 0.717) is 6.54 Å². The minimum absolute atomic E-state index is 0.673. The highest BCUT2D eigenvalue weighted by molar-refractivity contribution is 5.87. The van der Waals surface area contributed by atoms with Crippen LogP contribution < -0.4 is 5.73 Å². The molecule has 3 rings (SSSR count). The van der Waals surface area contributed by atoms with E-state index in [-0.39, 0.29) is 0 Å². The second kappa shape index (κ2) is 3.91. The molecule has 0 aliphatic carbocycles. The highest BCUT2D eigenvalue weighted by Gasteiger charge is 2.15. The molecule has 1 aliphatic heterocycles. The van der Waals surface area contributed by atoms with Gasteiger partial charge in [0.25, 0.3) is 0 Å². The van der Waals surface area contributed by atoms with Crippen molar-refractivity contribution in [2.75, 3.05) is 6.54 Å². The molecule has 2 aromatic heterocycles. The van der Waals surface area contributed by atoms with Gasteiger partial charge in [0.15, 0.2) is 0 Å². The molecular weight excluding hydrogens is 198 g/mol. The quantitative estimate of drug-likeness (QED) is 0.831. The number of rotatable bonds is 2. The number of nitrogens with zero attached hydrogens (tertiary/aromatic N) is 2. The maximum absolute atomic E-state index is 5.63. The molecule has 16 heavy (non-hydrogen) atoms. The van der Waals surface area contributed by atoms with E-state index in [1.54, 1.807) is 0 Å². The van der Waals surface area contributed by atoms with Crippen molar-refractivity contribution in [3.05, 3.63) is 29.8 Å². The maximum Gasteiger partial charge on any atom is 0.0509 e. The molecule has 0 radical (unpaired) electrons. The van der Waals surface area contributed by atoms with Gasteiger partial charge in [0.2, 0.25) is 0 Å². The van der Waals surface area contributed by atoms with E-state index < -0.39 is 0 Å². The van der Waals surface area contributed by atoms with E-state index in [0.717, 1.165) is 18.7 Å². The molecule has 3 heterocycles. The summed E-state index contributed by atoms with van der Waals surface area (Å²) in [6, 6.07) is 2.15. The minimum atomic E-state index is 0.673. The zero-order chi connectivity index (χ0) is 11.0. The Morgan fingerprint density at radius 1 is 1.31 bits per heavy atom. The molecule has 1 aliphatic rings. The fourth-order valence-electron chi connectivity index (χ4n) is 2.69. The molecule has 0 aromatic carbocycles. The summed E-state index contributed by atoms with van der Waals surface area (Å²) in [6.07, 6.45) is 8.88. The van der Waals surface area contributed by atoms with Gasteiger partial charge in [0.1, 0.15) is 0 Å². The zero-order valence-electron chi connectivity index (χ0n) is 9.45. The van der Waals surface area contributed by atoms with Crippen molar-refractivity contribution in [3.63, 3.8) is 0 Å². The molecule has 0 amide bonds. The van der Waals surface area contributed by atoms with E-state index in [9.17, 15) is 0 Å². The van der Waals surface area contributed by atoms with Crippen molar-refractivity contribution in [3.8, 4) is 0 Å². The lowest BCUT2D eigenvalue weighted by Crippen LogP contribution is -2.08. The van der Waals surface area contributed by atoms with Crippen molar-refractivity contribution >= 4 is 10.8 Å². The largest absolute Gasteiger partial charge is 0.350 e. The lowest BCUT2D eigenvalue weighted by atomic mass is 10.1. The van der Waals surface area contributed by atoms with Gasteiger partial charge in [-0.05, 0) is 31.9 Å². The number of pyridine rings is 1. The van der Waals surface area contributed by atoms with Crippen LogP contribution in [0.5, 0.6) is 0 Å². The van der Waals surface area contributed by atoms with Gasteiger partial charge < -0.3 is 10.3 Å². The first kappa shape index (κ1) is 9.85. The first-order valence-corrected chi connectivity index (χ1v) is 6.06. The zero-order valence-corrected chi connectivity index (χ0v) is 9.45. The van der Waals surface area contributed by atoms with Crippen LogP contribution in [0.4, 0.5) is 0 Å². The Labute approximate surface area is 95.3 Å². The second-order valence-corrected chi connectivity index (χ2v) is 4.48. The Hall–Kier alpha value is -1.35. The van der Waals surface area contributed by atoms with Crippen LogP contribution in [0.3, 0.4) is 0 Å². The maximum atomic E-state index is 5.63. The molecule has 2 N–H and O–H groups in total. The molecule has 3 nitrogen and oxygen atoms in total. The normalized spacial score (nSPS) is 15.3. The minimum Gasteiger partial charge on any atom is -0.350 e. The van der Waals surface area contributed by atoms with Gasteiger partial charge in [0.05, 0.1) is 5.69 Å². The summed E-state index contributed by atoms with van der Waals surface area (Å²) in [6.45, 7) is 1.83. The van der Waals surface area contributed by atoms with E-state index in [4.69, 9.17) is 5.73 Å². The van der Waals surface area contributed by atoms with Gasteiger partial charge in [-0.25, -0.2) is 0 Å². The number of nitrogens with two attached hydrogens (primary N) is 1. The predicted octanol–water partition coefficient (Wildman–Crippen LogP) is 1.87. The summed E-state index contributed by atoms with van der Waals surface area (Å²) in [5.74, 6) is 0. The van der Waals surface area contributed by atoms with E-state index in [1.165, 1.54) is 35.7 Å². The molecule has 3 heteroatoms. The molecule has 0 fully saturated rings. The van der Waals surface area contributed by atoms with Crippen LogP contribution in [0, 0.1) is 0 Å². The average Bonchev–Trinajstić information content (AvgIpc) is 2.69. The SMILES string of the molecule is NCCc1nccc2c3n(cc12)CCCC3. The number of hydrogen-bond acceptors (Lipinski definition) is 2. The molecule has 0 atom stereocenters. The van der Waals surface area contributed by atoms with Gasteiger partial charge in [-0.15, -0.1) is 0 Å². The average molecular weight is 215 g/mol. The Kier molecular flexibility index (Phi) is 2.40. The van der Waals surface area contributed by atoms with Crippen molar-refractivity contribution < 1.29 is 0 Å². The van der Waals surface area contributed by atoms with Crippen molar-refractivity contribution in [1.82, 2.24) is 9.55 Å². The van der Waals surface area contributed by atoms with Crippen LogP contribution >= 0.6 is 0 Å². The molecule has 0 saturated heterocycles. The molecule has 2 aromatic rings. The fourth-order valence-corrected chi connectivity index (χ4v) is 2.69. The van der Waals surface area contributed by atoms with Crippen LogP contribution in [-0.4, -0.2) is 16.1 Å². The third kappa shape index (κ3) is 1.43. The molecule has 0 bridgehead atoms. The lowest BCUT2D eigenvalue weighted by molar-refractivity contribution is 0.536. The number of aromatic nitrogens is 2. The Morgan fingerprint density at radius 3 is 3.12 bits per heavy atom. The van der Waals surface area contributed by atoms with Crippen LogP contribution in [0.15, 0.2) is 18.5 Å². The van der Waals surface area contributed by atoms with Crippen LogP contribution in [-0.2, 0) is 19.4 Å². The van der Waals surface area contributed by atoms with Crippen molar-refractivity contribution in [1.29, 1.82) is 0 Å². The standard InChI is InChI=1S/C13H17N3/c14-6-4-12-11-9-16-8-2-1-3-13(16)10(11)5-7-15-12/h5,7,9H,1-4,6,8,14H2. The first-order chi connectivity index (χ1) is 7.90. The highest BCUT2D eigenvalue weighted by atomic mass is 15.0. The topological polar surface area (TPSA) is 43.8 Å². The van der Waals surface area contributed by atoms with Crippen molar-refractivity contribution in [2.24, 2.45) is 5.73 Å². The second-order valence-electron chi connectivity index (χ2n) is 4.48. The third-order valence-electron chi connectivity index (χ3n) is 3.46. The van der Waals surface area contributed by atoms with Gasteiger partial charge in [-0.2, -0.15) is 0 Å². The molecule has 84 valence electrons. The van der Waals surface area contributed by atoms with Gasteiger partial charge in [-0.1, -0.05) is 0 Å². The lowest BCUT2D eigenvalue weighted by Gasteiger charge is -2.14. The summed E-state index contributed by atoms with van der Waals surface area (Å²) in [4.78, 5) is 4.45.